The maximum absolute atomic E-state index is 4.10. The molecular formula is C12H18N4. The molecule has 4 heterocycles. The Kier molecular flexibility index (Phi) is 2.84. The van der Waals surface area contributed by atoms with Gasteiger partial charge in [0.1, 0.15) is 0 Å². The minimum atomic E-state index is 0.657. The molecule has 16 heavy (non-hydrogen) atoms. The molecule has 3 saturated heterocycles. The molecule has 1 unspecified atom stereocenters. The summed E-state index contributed by atoms with van der Waals surface area (Å²) in [7, 11) is 0. The van der Waals surface area contributed by atoms with Gasteiger partial charge in [0, 0.05) is 25.3 Å². The highest BCUT2D eigenvalue weighted by atomic mass is 15.2. The van der Waals surface area contributed by atoms with Gasteiger partial charge >= 0.3 is 0 Å². The Morgan fingerprint density at radius 2 is 2.25 bits per heavy atom. The van der Waals surface area contributed by atoms with Gasteiger partial charge in [0.25, 0.3) is 0 Å². The van der Waals surface area contributed by atoms with Crippen LogP contribution in [0.5, 0.6) is 0 Å². The van der Waals surface area contributed by atoms with E-state index in [1.54, 1.807) is 6.20 Å². The Labute approximate surface area is 96.1 Å². The molecule has 0 amide bonds. The molecule has 4 rings (SSSR count). The lowest BCUT2D eigenvalue weighted by Crippen LogP contribution is -2.55. The Morgan fingerprint density at radius 1 is 1.38 bits per heavy atom. The molecular weight excluding hydrogens is 200 g/mol. The summed E-state index contributed by atoms with van der Waals surface area (Å²) in [4.78, 5) is 2.56. The van der Waals surface area contributed by atoms with Crippen molar-refractivity contribution in [2.75, 3.05) is 19.6 Å². The molecule has 2 bridgehead atoms. The number of rotatable bonds is 3. The SMILES string of the molecule is c1cnnc(CNC2CN3CCC2CC3)c1. The van der Waals surface area contributed by atoms with Crippen molar-refractivity contribution in [3.63, 3.8) is 0 Å². The molecule has 1 N–H and O–H groups in total. The lowest BCUT2D eigenvalue weighted by atomic mass is 9.84. The molecule has 86 valence electrons. The number of hydrogen-bond donors (Lipinski definition) is 1. The first-order valence-electron chi connectivity index (χ1n) is 6.14. The molecule has 0 saturated carbocycles. The number of nitrogens with one attached hydrogen (secondary N) is 1. The molecule has 1 aromatic heterocycles. The summed E-state index contributed by atoms with van der Waals surface area (Å²) < 4.78 is 0. The van der Waals surface area contributed by atoms with Gasteiger partial charge in [-0.1, -0.05) is 0 Å². The van der Waals surface area contributed by atoms with Crippen LogP contribution in [0.4, 0.5) is 0 Å². The maximum atomic E-state index is 4.10. The highest BCUT2D eigenvalue weighted by Crippen LogP contribution is 2.27. The van der Waals surface area contributed by atoms with Gasteiger partial charge in [0.05, 0.1) is 5.69 Å². The van der Waals surface area contributed by atoms with E-state index in [0.717, 1.165) is 18.2 Å². The summed E-state index contributed by atoms with van der Waals surface area (Å²) in [6.07, 6.45) is 4.44. The first kappa shape index (κ1) is 10.2. The van der Waals surface area contributed by atoms with E-state index >= 15 is 0 Å². The molecule has 1 atom stereocenters. The molecule has 3 aliphatic heterocycles. The Hall–Kier alpha value is -1.00. The van der Waals surface area contributed by atoms with E-state index in [0.29, 0.717) is 6.04 Å². The summed E-state index contributed by atoms with van der Waals surface area (Å²) in [6.45, 7) is 4.66. The van der Waals surface area contributed by atoms with E-state index < -0.39 is 0 Å². The quantitative estimate of drug-likeness (QED) is 0.809. The standard InChI is InChI=1S/C12H18N4/c1-2-11(15-14-5-1)8-13-12-9-16-6-3-10(12)4-7-16/h1-2,5,10,12-13H,3-4,6-9H2. The van der Waals surface area contributed by atoms with E-state index in [9.17, 15) is 0 Å². The molecule has 4 nitrogen and oxygen atoms in total. The van der Waals surface area contributed by atoms with Crippen molar-refractivity contribution in [3.8, 4) is 0 Å². The third-order valence-electron chi connectivity index (χ3n) is 3.83. The Morgan fingerprint density at radius 3 is 2.88 bits per heavy atom. The smallest absolute Gasteiger partial charge is 0.0769 e. The fourth-order valence-corrected chi connectivity index (χ4v) is 2.86. The van der Waals surface area contributed by atoms with Crippen molar-refractivity contribution in [2.24, 2.45) is 5.92 Å². The predicted molar refractivity (Wildman–Crippen MR) is 61.8 cm³/mol. The third-order valence-corrected chi connectivity index (χ3v) is 3.83. The van der Waals surface area contributed by atoms with Gasteiger partial charge < -0.3 is 10.2 Å². The molecule has 0 spiro atoms. The average molecular weight is 218 g/mol. The second-order valence-electron chi connectivity index (χ2n) is 4.84. The van der Waals surface area contributed by atoms with Crippen molar-refractivity contribution in [2.45, 2.75) is 25.4 Å². The van der Waals surface area contributed by atoms with E-state index in [1.165, 1.54) is 32.5 Å². The van der Waals surface area contributed by atoms with Crippen LogP contribution >= 0.6 is 0 Å². The van der Waals surface area contributed by atoms with Crippen LogP contribution in [0, 0.1) is 5.92 Å². The van der Waals surface area contributed by atoms with Crippen LogP contribution in [0.1, 0.15) is 18.5 Å². The lowest BCUT2D eigenvalue weighted by Gasteiger charge is -2.45. The van der Waals surface area contributed by atoms with Gasteiger partial charge in [-0.15, -0.1) is 0 Å². The number of nitrogens with zero attached hydrogens (tertiary/aromatic N) is 3. The number of piperidine rings is 3. The van der Waals surface area contributed by atoms with Crippen LogP contribution in [-0.2, 0) is 6.54 Å². The highest BCUT2D eigenvalue weighted by Gasteiger charge is 2.33. The van der Waals surface area contributed by atoms with Crippen LogP contribution in [-0.4, -0.2) is 40.8 Å². The molecule has 3 fully saturated rings. The summed E-state index contributed by atoms with van der Waals surface area (Å²) in [5.74, 6) is 0.877. The monoisotopic (exact) mass is 218 g/mol. The molecule has 0 aromatic carbocycles. The van der Waals surface area contributed by atoms with Crippen LogP contribution in [0.25, 0.3) is 0 Å². The Bertz CT molecular complexity index is 332. The molecule has 3 aliphatic rings. The van der Waals surface area contributed by atoms with Gasteiger partial charge in [0.15, 0.2) is 0 Å². The molecule has 0 radical (unpaired) electrons. The average Bonchev–Trinajstić information content (AvgIpc) is 2.39. The predicted octanol–water partition coefficient (Wildman–Crippen LogP) is 0.660. The third kappa shape index (κ3) is 2.08. The largest absolute Gasteiger partial charge is 0.307 e. The van der Waals surface area contributed by atoms with Crippen LogP contribution in [0.15, 0.2) is 18.3 Å². The van der Waals surface area contributed by atoms with E-state index in [-0.39, 0.29) is 0 Å². The van der Waals surface area contributed by atoms with Crippen molar-refractivity contribution in [1.82, 2.24) is 20.4 Å². The fourth-order valence-electron chi connectivity index (χ4n) is 2.86. The van der Waals surface area contributed by atoms with Crippen molar-refractivity contribution < 1.29 is 0 Å². The van der Waals surface area contributed by atoms with Crippen LogP contribution in [0.2, 0.25) is 0 Å². The van der Waals surface area contributed by atoms with Crippen LogP contribution in [0.3, 0.4) is 0 Å². The number of fused-ring (bicyclic) bond motifs is 3. The van der Waals surface area contributed by atoms with Crippen molar-refractivity contribution in [1.29, 1.82) is 0 Å². The van der Waals surface area contributed by atoms with E-state index in [4.69, 9.17) is 0 Å². The molecule has 4 heteroatoms. The first-order valence-corrected chi connectivity index (χ1v) is 6.14. The fraction of sp³-hybridized carbons (Fsp3) is 0.667. The van der Waals surface area contributed by atoms with Gasteiger partial charge in [-0.2, -0.15) is 10.2 Å². The van der Waals surface area contributed by atoms with Gasteiger partial charge in [-0.25, -0.2) is 0 Å². The van der Waals surface area contributed by atoms with Crippen LogP contribution < -0.4 is 5.32 Å². The van der Waals surface area contributed by atoms with Crippen molar-refractivity contribution in [3.05, 3.63) is 24.0 Å². The van der Waals surface area contributed by atoms with Gasteiger partial charge in [-0.3, -0.25) is 0 Å². The summed E-state index contributed by atoms with van der Waals surface area (Å²) in [5, 5.41) is 11.6. The zero-order chi connectivity index (χ0) is 10.8. The van der Waals surface area contributed by atoms with Gasteiger partial charge in [-0.05, 0) is 44.0 Å². The summed E-state index contributed by atoms with van der Waals surface area (Å²) >= 11 is 0. The number of aromatic nitrogens is 2. The minimum absolute atomic E-state index is 0.657. The highest BCUT2D eigenvalue weighted by molar-refractivity contribution is 5.00. The molecule has 0 aliphatic carbocycles. The first-order chi connectivity index (χ1) is 7.92. The topological polar surface area (TPSA) is 41.1 Å². The van der Waals surface area contributed by atoms with E-state index in [1.807, 2.05) is 12.1 Å². The normalized spacial score (nSPS) is 32.9. The Balaban J connectivity index is 1.56. The van der Waals surface area contributed by atoms with Crippen molar-refractivity contribution >= 4 is 0 Å². The van der Waals surface area contributed by atoms with Gasteiger partial charge in [0.2, 0.25) is 0 Å². The lowest BCUT2D eigenvalue weighted by molar-refractivity contribution is 0.0718. The second-order valence-corrected chi connectivity index (χ2v) is 4.84. The second kappa shape index (κ2) is 4.47. The summed E-state index contributed by atoms with van der Waals surface area (Å²) in [6, 6.07) is 4.63. The maximum Gasteiger partial charge on any atom is 0.0769 e. The zero-order valence-corrected chi connectivity index (χ0v) is 9.47. The van der Waals surface area contributed by atoms with E-state index in [2.05, 4.69) is 20.4 Å². The molecule has 1 aromatic rings. The summed E-state index contributed by atoms with van der Waals surface area (Å²) in [5.41, 5.74) is 1.04. The number of hydrogen-bond acceptors (Lipinski definition) is 4. The zero-order valence-electron chi connectivity index (χ0n) is 9.47. The minimum Gasteiger partial charge on any atom is -0.307 e.